The molecule has 2 N–H and O–H groups in total. The van der Waals surface area contributed by atoms with Crippen molar-refractivity contribution in [2.24, 2.45) is 5.92 Å². The highest BCUT2D eigenvalue weighted by Gasteiger charge is 2.16. The fourth-order valence-corrected chi connectivity index (χ4v) is 3.03. The van der Waals surface area contributed by atoms with Gasteiger partial charge in [0.2, 0.25) is 0 Å². The van der Waals surface area contributed by atoms with E-state index in [-0.39, 0.29) is 0 Å². The first-order valence-electron chi connectivity index (χ1n) is 6.58. The summed E-state index contributed by atoms with van der Waals surface area (Å²) in [4.78, 5) is 8.05. The fourth-order valence-electron chi connectivity index (χ4n) is 2.72. The lowest BCUT2D eigenvalue weighted by molar-refractivity contribution is 0.368. The maximum atomic E-state index is 6.23. The van der Waals surface area contributed by atoms with Gasteiger partial charge in [0.25, 0.3) is 0 Å². The molecule has 0 bridgehead atoms. The molecule has 0 atom stereocenters. The summed E-state index contributed by atoms with van der Waals surface area (Å²) >= 11 is 6.23. The maximum absolute atomic E-state index is 6.23. The van der Waals surface area contributed by atoms with E-state index in [0.29, 0.717) is 0 Å². The van der Waals surface area contributed by atoms with E-state index in [1.165, 1.54) is 18.4 Å². The lowest BCUT2D eigenvalue weighted by Gasteiger charge is -2.21. The minimum Gasteiger partial charge on any atom is -0.342 e. The van der Waals surface area contributed by atoms with E-state index in [4.69, 9.17) is 11.6 Å². The van der Waals surface area contributed by atoms with E-state index in [0.717, 1.165) is 47.3 Å². The van der Waals surface area contributed by atoms with Gasteiger partial charge in [-0.05, 0) is 56.5 Å². The van der Waals surface area contributed by atoms with Crippen LogP contribution in [-0.2, 0) is 6.42 Å². The zero-order chi connectivity index (χ0) is 12.5. The van der Waals surface area contributed by atoms with E-state index in [2.05, 4.69) is 28.3 Å². The topological polar surface area (TPSA) is 40.7 Å². The molecule has 1 aromatic carbocycles. The second kappa shape index (κ2) is 4.90. The van der Waals surface area contributed by atoms with Gasteiger partial charge in [-0.3, -0.25) is 0 Å². The molecule has 1 saturated heterocycles. The molecule has 18 heavy (non-hydrogen) atoms. The lowest BCUT2D eigenvalue weighted by Crippen LogP contribution is -2.28. The van der Waals surface area contributed by atoms with E-state index >= 15 is 0 Å². The number of aromatic amines is 1. The Hall–Kier alpha value is -1.06. The van der Waals surface area contributed by atoms with Crippen molar-refractivity contribution in [1.82, 2.24) is 15.3 Å². The van der Waals surface area contributed by atoms with Gasteiger partial charge >= 0.3 is 0 Å². The maximum Gasteiger partial charge on any atom is 0.107 e. The van der Waals surface area contributed by atoms with Crippen LogP contribution in [0.25, 0.3) is 11.0 Å². The first-order valence-corrected chi connectivity index (χ1v) is 6.95. The van der Waals surface area contributed by atoms with E-state index in [9.17, 15) is 0 Å². The van der Waals surface area contributed by atoms with Crippen LogP contribution in [0.3, 0.4) is 0 Å². The first-order chi connectivity index (χ1) is 8.72. The van der Waals surface area contributed by atoms with Gasteiger partial charge in [0.05, 0.1) is 10.5 Å². The van der Waals surface area contributed by atoms with Crippen LogP contribution in [0.15, 0.2) is 12.1 Å². The lowest BCUT2D eigenvalue weighted by atomic mass is 9.94. The molecule has 0 spiro atoms. The van der Waals surface area contributed by atoms with Gasteiger partial charge in [-0.25, -0.2) is 4.98 Å². The number of fused-ring (bicyclic) bond motifs is 1. The van der Waals surface area contributed by atoms with Gasteiger partial charge in [-0.2, -0.15) is 0 Å². The highest BCUT2D eigenvalue weighted by Crippen LogP contribution is 2.25. The van der Waals surface area contributed by atoms with Gasteiger partial charge in [0, 0.05) is 6.42 Å². The summed E-state index contributed by atoms with van der Waals surface area (Å²) in [5, 5.41) is 4.14. The minimum atomic E-state index is 0.742. The van der Waals surface area contributed by atoms with Crippen LogP contribution in [-0.4, -0.2) is 23.1 Å². The van der Waals surface area contributed by atoms with Crippen LogP contribution >= 0.6 is 11.6 Å². The van der Waals surface area contributed by atoms with Crippen LogP contribution in [0.2, 0.25) is 5.02 Å². The molecule has 0 unspecified atom stereocenters. The fraction of sp³-hybridized carbons (Fsp3) is 0.500. The SMILES string of the molecule is Cc1cc(Cl)c2nc(CC3CCNCC3)[nH]c2c1. The summed E-state index contributed by atoms with van der Waals surface area (Å²) in [6, 6.07) is 4.08. The van der Waals surface area contributed by atoms with Crippen LogP contribution < -0.4 is 5.32 Å². The zero-order valence-electron chi connectivity index (χ0n) is 10.6. The van der Waals surface area contributed by atoms with Crippen molar-refractivity contribution in [2.45, 2.75) is 26.2 Å². The normalized spacial score (nSPS) is 17.4. The molecule has 1 fully saturated rings. The summed E-state index contributed by atoms with van der Waals surface area (Å²) in [5.74, 6) is 1.82. The largest absolute Gasteiger partial charge is 0.342 e. The number of H-pyrrole nitrogens is 1. The Bertz CT molecular complexity index is 555. The Morgan fingerprint density at radius 1 is 1.33 bits per heavy atom. The Kier molecular flexibility index (Phi) is 3.27. The smallest absolute Gasteiger partial charge is 0.107 e. The zero-order valence-corrected chi connectivity index (χ0v) is 11.3. The quantitative estimate of drug-likeness (QED) is 0.874. The number of hydrogen-bond donors (Lipinski definition) is 2. The summed E-state index contributed by atoms with van der Waals surface area (Å²) in [6.07, 6.45) is 3.51. The van der Waals surface area contributed by atoms with Crippen molar-refractivity contribution in [3.05, 3.63) is 28.5 Å². The van der Waals surface area contributed by atoms with Crippen molar-refractivity contribution in [1.29, 1.82) is 0 Å². The number of piperidine rings is 1. The van der Waals surface area contributed by atoms with Gasteiger partial charge in [0.1, 0.15) is 11.3 Å². The average Bonchev–Trinajstić information content (AvgIpc) is 2.73. The Morgan fingerprint density at radius 3 is 2.89 bits per heavy atom. The molecule has 4 heteroatoms. The summed E-state index contributed by atoms with van der Waals surface area (Å²) < 4.78 is 0. The molecule has 3 nitrogen and oxygen atoms in total. The molecule has 0 saturated carbocycles. The molecule has 1 aliphatic heterocycles. The third-order valence-electron chi connectivity index (χ3n) is 3.67. The van der Waals surface area contributed by atoms with Crippen LogP contribution in [0.1, 0.15) is 24.2 Å². The molecule has 2 heterocycles. The predicted octanol–water partition coefficient (Wildman–Crippen LogP) is 3.07. The van der Waals surface area contributed by atoms with Gasteiger partial charge in [-0.1, -0.05) is 11.6 Å². The average molecular weight is 264 g/mol. The van der Waals surface area contributed by atoms with Crippen molar-refractivity contribution in [3.63, 3.8) is 0 Å². The number of imidazole rings is 1. The molecule has 0 radical (unpaired) electrons. The summed E-state index contributed by atoms with van der Waals surface area (Å²) in [7, 11) is 0. The Balaban J connectivity index is 1.86. The van der Waals surface area contributed by atoms with E-state index in [1.807, 2.05) is 6.07 Å². The third-order valence-corrected chi connectivity index (χ3v) is 3.96. The van der Waals surface area contributed by atoms with Gasteiger partial charge in [-0.15, -0.1) is 0 Å². The number of halogens is 1. The number of nitrogens with one attached hydrogen (secondary N) is 2. The van der Waals surface area contributed by atoms with E-state index < -0.39 is 0 Å². The molecule has 1 aromatic heterocycles. The summed E-state index contributed by atoms with van der Waals surface area (Å²) in [6.45, 7) is 4.31. The standard InChI is InChI=1S/C14H18ClN3/c1-9-6-11(15)14-12(7-9)17-13(18-14)8-10-2-4-16-5-3-10/h6-7,10,16H,2-5,8H2,1H3,(H,17,18). The third kappa shape index (κ3) is 2.38. The molecule has 0 amide bonds. The Labute approximate surface area is 112 Å². The van der Waals surface area contributed by atoms with Gasteiger partial charge < -0.3 is 10.3 Å². The summed E-state index contributed by atoms with van der Waals surface area (Å²) in [5.41, 5.74) is 3.14. The molecular weight excluding hydrogens is 246 g/mol. The molecular formula is C14H18ClN3. The monoisotopic (exact) mass is 263 g/mol. The second-order valence-electron chi connectivity index (χ2n) is 5.22. The first kappa shape index (κ1) is 12.0. The van der Waals surface area contributed by atoms with Crippen molar-refractivity contribution < 1.29 is 0 Å². The predicted molar refractivity (Wildman–Crippen MR) is 75.1 cm³/mol. The van der Waals surface area contributed by atoms with E-state index in [1.54, 1.807) is 0 Å². The molecule has 2 aromatic rings. The number of rotatable bonds is 2. The van der Waals surface area contributed by atoms with Crippen molar-refractivity contribution in [2.75, 3.05) is 13.1 Å². The number of nitrogens with zero attached hydrogens (tertiary/aromatic N) is 1. The van der Waals surface area contributed by atoms with Crippen molar-refractivity contribution >= 4 is 22.6 Å². The number of aromatic nitrogens is 2. The molecule has 0 aliphatic carbocycles. The van der Waals surface area contributed by atoms with Crippen molar-refractivity contribution in [3.8, 4) is 0 Å². The highest BCUT2D eigenvalue weighted by atomic mass is 35.5. The molecule has 96 valence electrons. The Morgan fingerprint density at radius 2 is 2.11 bits per heavy atom. The number of benzene rings is 1. The van der Waals surface area contributed by atoms with Gasteiger partial charge in [0.15, 0.2) is 0 Å². The highest BCUT2D eigenvalue weighted by molar-refractivity contribution is 6.35. The second-order valence-corrected chi connectivity index (χ2v) is 5.63. The van der Waals surface area contributed by atoms with Crippen LogP contribution in [0.4, 0.5) is 0 Å². The van der Waals surface area contributed by atoms with Crippen LogP contribution in [0.5, 0.6) is 0 Å². The molecule has 3 rings (SSSR count). The van der Waals surface area contributed by atoms with Crippen LogP contribution in [0, 0.1) is 12.8 Å². The molecule has 1 aliphatic rings. The number of hydrogen-bond acceptors (Lipinski definition) is 2. The minimum absolute atomic E-state index is 0.742. The number of aryl methyl sites for hydroxylation is 1.